The molecule has 0 fully saturated rings. The van der Waals surface area contributed by atoms with Crippen LogP contribution in [0.4, 0.5) is 28.0 Å². The molecule has 1 aromatic heterocycles. The average Bonchev–Trinajstić information content (AvgIpc) is 2.71. The SMILES string of the molecule is Cc1cc(OCF)cnc1OC(=O)Nc1ccc(F)c([C@]2(C(F)F)COCC(N)=N2)c1. The number of ether oxygens (including phenoxy) is 3. The minimum atomic E-state index is -3.13. The highest BCUT2D eigenvalue weighted by Crippen LogP contribution is 2.38. The number of carbonyl (C=O) groups excluding carboxylic acids is 1. The number of nitrogens with zero attached hydrogens (tertiary/aromatic N) is 2. The normalized spacial score (nSPS) is 18.5. The van der Waals surface area contributed by atoms with Crippen molar-refractivity contribution in [1.29, 1.82) is 0 Å². The number of aromatic nitrogens is 1. The van der Waals surface area contributed by atoms with E-state index < -0.39 is 42.9 Å². The van der Waals surface area contributed by atoms with Gasteiger partial charge in [0.2, 0.25) is 12.7 Å². The van der Waals surface area contributed by atoms with Crippen molar-refractivity contribution in [3.8, 4) is 11.6 Å². The maximum atomic E-state index is 14.4. The first-order valence-corrected chi connectivity index (χ1v) is 8.89. The summed E-state index contributed by atoms with van der Waals surface area (Å²) in [5.74, 6) is -1.12. The monoisotopic (exact) mass is 442 g/mol. The summed E-state index contributed by atoms with van der Waals surface area (Å²) < 4.78 is 69.1. The molecule has 1 aromatic carbocycles. The molecule has 8 nitrogen and oxygen atoms in total. The molecule has 0 bridgehead atoms. The maximum absolute atomic E-state index is 14.4. The van der Waals surface area contributed by atoms with Gasteiger partial charge in [-0.2, -0.15) is 0 Å². The van der Waals surface area contributed by atoms with Crippen molar-refractivity contribution in [3.63, 3.8) is 0 Å². The number of pyridine rings is 1. The van der Waals surface area contributed by atoms with E-state index in [9.17, 15) is 22.4 Å². The number of aliphatic imine (C=N–C) groups is 1. The van der Waals surface area contributed by atoms with Crippen LogP contribution >= 0.6 is 0 Å². The number of hydrogen-bond acceptors (Lipinski definition) is 7. The molecule has 1 amide bonds. The fraction of sp³-hybridized carbons (Fsp3) is 0.316. The van der Waals surface area contributed by atoms with E-state index in [-0.39, 0.29) is 29.8 Å². The Balaban J connectivity index is 1.82. The molecule has 3 N–H and O–H groups in total. The minimum Gasteiger partial charge on any atom is -0.461 e. The molecule has 1 atom stereocenters. The number of nitrogens with two attached hydrogens (primary N) is 1. The lowest BCUT2D eigenvalue weighted by atomic mass is 9.90. The molecule has 3 rings (SSSR count). The zero-order valence-corrected chi connectivity index (χ0v) is 16.2. The van der Waals surface area contributed by atoms with Gasteiger partial charge in [0.05, 0.1) is 12.8 Å². The lowest BCUT2D eigenvalue weighted by molar-refractivity contribution is -0.0145. The first-order chi connectivity index (χ1) is 14.7. The first-order valence-electron chi connectivity index (χ1n) is 8.89. The second-order valence-electron chi connectivity index (χ2n) is 6.58. The number of rotatable bonds is 6. The Morgan fingerprint density at radius 1 is 1.39 bits per heavy atom. The molecule has 0 radical (unpaired) electrons. The van der Waals surface area contributed by atoms with Crippen LogP contribution in [-0.2, 0) is 10.3 Å². The van der Waals surface area contributed by atoms with Gasteiger partial charge in [-0.3, -0.25) is 10.3 Å². The molecular formula is C19H18F4N4O4. The van der Waals surface area contributed by atoms with E-state index in [2.05, 4.69) is 20.0 Å². The highest BCUT2D eigenvalue weighted by atomic mass is 19.3. The van der Waals surface area contributed by atoms with Crippen LogP contribution in [0.15, 0.2) is 35.5 Å². The van der Waals surface area contributed by atoms with Crippen molar-refractivity contribution in [2.75, 3.05) is 25.4 Å². The Hall–Kier alpha value is -3.41. The van der Waals surface area contributed by atoms with E-state index in [4.69, 9.17) is 15.2 Å². The fourth-order valence-corrected chi connectivity index (χ4v) is 2.95. The largest absolute Gasteiger partial charge is 0.461 e. The van der Waals surface area contributed by atoms with Crippen molar-refractivity contribution in [2.24, 2.45) is 10.7 Å². The first kappa shape index (κ1) is 22.3. The summed E-state index contributed by atoms with van der Waals surface area (Å²) >= 11 is 0. The molecule has 2 heterocycles. The zero-order chi connectivity index (χ0) is 22.6. The number of aryl methyl sites for hydroxylation is 1. The summed E-state index contributed by atoms with van der Waals surface area (Å²) in [6, 6.07) is 4.48. The lowest BCUT2D eigenvalue weighted by Crippen LogP contribution is -2.45. The number of benzene rings is 1. The van der Waals surface area contributed by atoms with Gasteiger partial charge in [0, 0.05) is 16.8 Å². The molecule has 1 aliphatic heterocycles. The highest BCUT2D eigenvalue weighted by Gasteiger charge is 2.46. The van der Waals surface area contributed by atoms with Crippen LogP contribution in [0.3, 0.4) is 0 Å². The number of halogens is 4. The number of hydrogen-bond donors (Lipinski definition) is 2. The third-order valence-corrected chi connectivity index (χ3v) is 4.37. The van der Waals surface area contributed by atoms with Crippen LogP contribution in [0.25, 0.3) is 0 Å². The van der Waals surface area contributed by atoms with Gasteiger partial charge >= 0.3 is 6.09 Å². The molecule has 0 unspecified atom stereocenters. The summed E-state index contributed by atoms with van der Waals surface area (Å²) in [6.45, 7) is -0.237. The number of amidine groups is 1. The molecule has 0 aliphatic carbocycles. The second-order valence-corrected chi connectivity index (χ2v) is 6.58. The summed E-state index contributed by atoms with van der Waals surface area (Å²) in [6.07, 6.45) is -2.98. The minimum absolute atomic E-state index is 0.0317. The van der Waals surface area contributed by atoms with E-state index in [1.54, 1.807) is 6.92 Å². The lowest BCUT2D eigenvalue weighted by Gasteiger charge is -2.33. The fourth-order valence-electron chi connectivity index (χ4n) is 2.95. The molecule has 31 heavy (non-hydrogen) atoms. The van der Waals surface area contributed by atoms with Crippen molar-refractivity contribution in [2.45, 2.75) is 18.9 Å². The second kappa shape index (κ2) is 9.16. The van der Waals surface area contributed by atoms with Crippen molar-refractivity contribution < 1.29 is 36.6 Å². The van der Waals surface area contributed by atoms with Gasteiger partial charge in [-0.05, 0) is 31.2 Å². The van der Waals surface area contributed by atoms with Gasteiger partial charge in [0.15, 0.2) is 5.54 Å². The number of amides is 1. The number of nitrogens with one attached hydrogen (secondary N) is 1. The number of carbonyl (C=O) groups is 1. The Kier molecular flexibility index (Phi) is 6.59. The Morgan fingerprint density at radius 3 is 2.81 bits per heavy atom. The molecular weight excluding hydrogens is 424 g/mol. The molecule has 0 saturated carbocycles. The molecule has 2 aromatic rings. The summed E-state index contributed by atoms with van der Waals surface area (Å²) in [7, 11) is 0. The van der Waals surface area contributed by atoms with Crippen molar-refractivity contribution in [3.05, 3.63) is 47.4 Å². The van der Waals surface area contributed by atoms with E-state index in [0.717, 1.165) is 24.4 Å². The van der Waals surface area contributed by atoms with Gasteiger partial charge in [0.25, 0.3) is 6.43 Å². The van der Waals surface area contributed by atoms with E-state index in [1.807, 2.05) is 0 Å². The van der Waals surface area contributed by atoms with Gasteiger partial charge < -0.3 is 19.9 Å². The van der Waals surface area contributed by atoms with Crippen LogP contribution in [0.1, 0.15) is 11.1 Å². The van der Waals surface area contributed by atoms with E-state index >= 15 is 0 Å². The number of anilines is 1. The summed E-state index contributed by atoms with van der Waals surface area (Å²) in [4.78, 5) is 19.8. The zero-order valence-electron chi connectivity index (χ0n) is 16.2. The predicted molar refractivity (Wildman–Crippen MR) is 102 cm³/mol. The molecule has 0 spiro atoms. The Bertz CT molecular complexity index is 1000. The quantitative estimate of drug-likeness (QED) is 0.665. The smallest absolute Gasteiger partial charge is 0.418 e. The van der Waals surface area contributed by atoms with Crippen LogP contribution in [0.5, 0.6) is 11.6 Å². The average molecular weight is 442 g/mol. The van der Waals surface area contributed by atoms with Crippen molar-refractivity contribution in [1.82, 2.24) is 4.98 Å². The van der Waals surface area contributed by atoms with Gasteiger partial charge in [0.1, 0.15) is 24.0 Å². The van der Waals surface area contributed by atoms with Gasteiger partial charge in [-0.25, -0.2) is 27.3 Å². The molecule has 0 saturated heterocycles. The Labute approximate surface area is 174 Å². The van der Waals surface area contributed by atoms with Crippen LogP contribution in [-0.4, -0.2) is 43.4 Å². The van der Waals surface area contributed by atoms with Crippen molar-refractivity contribution >= 4 is 17.6 Å². The van der Waals surface area contributed by atoms with Crippen LogP contribution in [0.2, 0.25) is 0 Å². The topological polar surface area (TPSA) is 108 Å². The third-order valence-electron chi connectivity index (χ3n) is 4.37. The van der Waals surface area contributed by atoms with E-state index in [0.29, 0.717) is 5.56 Å². The standard InChI is InChI=1S/C19H18F4N4O4/c1-10-4-12(30-9-20)6-25-16(10)31-18(28)26-11-2-3-14(21)13(5-11)19(17(22)23)8-29-7-15(24)27-19/h2-6,17H,7-9H2,1H3,(H2,24,27)(H,26,28)/t19-/m0/s1. The Morgan fingerprint density at radius 2 is 2.16 bits per heavy atom. The maximum Gasteiger partial charge on any atom is 0.418 e. The molecule has 1 aliphatic rings. The number of alkyl halides is 3. The van der Waals surface area contributed by atoms with Crippen LogP contribution in [0, 0.1) is 12.7 Å². The molecule has 12 heteroatoms. The summed E-state index contributed by atoms with van der Waals surface area (Å²) in [5.41, 5.74) is 3.03. The predicted octanol–water partition coefficient (Wildman–Crippen LogP) is 3.29. The van der Waals surface area contributed by atoms with Crippen LogP contribution < -0.4 is 20.5 Å². The highest BCUT2D eigenvalue weighted by molar-refractivity contribution is 5.86. The summed E-state index contributed by atoms with van der Waals surface area (Å²) in [5, 5.41) is 2.31. The van der Waals surface area contributed by atoms with Gasteiger partial charge in [-0.15, -0.1) is 0 Å². The third kappa shape index (κ3) is 4.85. The van der Waals surface area contributed by atoms with Gasteiger partial charge in [-0.1, -0.05) is 0 Å². The van der Waals surface area contributed by atoms with E-state index in [1.165, 1.54) is 6.07 Å². The molecule has 166 valence electrons.